The molecule has 0 amide bonds. The molecule has 0 aliphatic carbocycles. The lowest BCUT2D eigenvalue weighted by molar-refractivity contribution is 0.397. The van der Waals surface area contributed by atoms with E-state index >= 15 is 0 Å². The minimum atomic E-state index is 0.510. The van der Waals surface area contributed by atoms with Crippen molar-refractivity contribution in [1.29, 1.82) is 0 Å². The van der Waals surface area contributed by atoms with Crippen LogP contribution in [0.2, 0.25) is 5.15 Å². The summed E-state index contributed by atoms with van der Waals surface area (Å²) in [6.45, 7) is 2.04. The predicted octanol–water partition coefficient (Wildman–Crippen LogP) is 3.65. The van der Waals surface area contributed by atoms with Gasteiger partial charge >= 0.3 is 0 Å². The van der Waals surface area contributed by atoms with Crippen LogP contribution in [0.1, 0.15) is 16.3 Å². The van der Waals surface area contributed by atoms with E-state index in [1.807, 2.05) is 25.1 Å². The van der Waals surface area contributed by atoms with Crippen molar-refractivity contribution in [2.75, 3.05) is 7.11 Å². The number of halogens is 1. The van der Waals surface area contributed by atoms with Crippen molar-refractivity contribution < 1.29 is 4.74 Å². The largest absolute Gasteiger partial charge is 0.481 e. The molecule has 0 aromatic carbocycles. The highest BCUT2D eigenvalue weighted by molar-refractivity contribution is 7.18. The molecule has 0 radical (unpaired) electrons. The first-order valence-electron chi connectivity index (χ1n) is 6.07. The molecule has 0 unspecified atom stereocenters. The van der Waals surface area contributed by atoms with Crippen LogP contribution in [0.4, 0.5) is 0 Å². The Morgan fingerprint density at radius 1 is 1.30 bits per heavy atom. The number of hydrogen-bond acceptors (Lipinski definition) is 5. The maximum absolute atomic E-state index is 6.21. The van der Waals surface area contributed by atoms with E-state index in [-0.39, 0.29) is 0 Å². The molecule has 3 heterocycles. The van der Waals surface area contributed by atoms with Crippen molar-refractivity contribution in [1.82, 2.24) is 15.0 Å². The lowest BCUT2D eigenvalue weighted by atomic mass is 10.2. The number of aromatic nitrogens is 3. The average molecular weight is 306 g/mol. The Kier molecular flexibility index (Phi) is 3.54. The number of pyridine rings is 1. The van der Waals surface area contributed by atoms with E-state index in [9.17, 15) is 0 Å². The van der Waals surface area contributed by atoms with Gasteiger partial charge in [0.2, 0.25) is 5.88 Å². The second-order valence-electron chi connectivity index (χ2n) is 4.39. The van der Waals surface area contributed by atoms with Gasteiger partial charge in [0, 0.05) is 28.9 Å². The Labute approximate surface area is 125 Å². The molecular formula is C14H12ClN3OS. The van der Waals surface area contributed by atoms with E-state index < -0.39 is 0 Å². The van der Waals surface area contributed by atoms with Crippen molar-refractivity contribution in [2.45, 2.75) is 13.3 Å². The molecule has 3 aromatic rings. The highest BCUT2D eigenvalue weighted by Gasteiger charge is 2.09. The molecule has 0 bridgehead atoms. The lowest BCUT2D eigenvalue weighted by Crippen LogP contribution is -1.98. The molecule has 0 aliphatic rings. The summed E-state index contributed by atoms with van der Waals surface area (Å²) in [5.74, 6) is 1.30. The highest BCUT2D eigenvalue weighted by Crippen LogP contribution is 2.28. The number of thiophene rings is 1. The number of aryl methyl sites for hydroxylation is 1. The van der Waals surface area contributed by atoms with Crippen LogP contribution in [0.15, 0.2) is 24.4 Å². The number of rotatable bonds is 3. The van der Waals surface area contributed by atoms with E-state index in [1.54, 1.807) is 24.6 Å². The van der Waals surface area contributed by atoms with Crippen LogP contribution >= 0.6 is 22.9 Å². The zero-order valence-electron chi connectivity index (χ0n) is 11.1. The Balaban J connectivity index is 1.93. The van der Waals surface area contributed by atoms with Crippen LogP contribution in [0, 0.1) is 6.92 Å². The summed E-state index contributed by atoms with van der Waals surface area (Å²) < 4.78 is 5.04. The molecule has 3 aromatic heterocycles. The molecule has 102 valence electrons. The Morgan fingerprint density at radius 3 is 2.85 bits per heavy atom. The number of hydrogen-bond donors (Lipinski definition) is 0. The minimum Gasteiger partial charge on any atom is -0.481 e. The first-order chi connectivity index (χ1) is 9.65. The second kappa shape index (κ2) is 5.34. The van der Waals surface area contributed by atoms with Gasteiger partial charge in [0.05, 0.1) is 7.11 Å². The number of fused-ring (bicyclic) bond motifs is 1. The fourth-order valence-electron chi connectivity index (χ4n) is 1.95. The van der Waals surface area contributed by atoms with Gasteiger partial charge in [-0.15, -0.1) is 11.3 Å². The quantitative estimate of drug-likeness (QED) is 0.693. The van der Waals surface area contributed by atoms with Crippen LogP contribution in [0.5, 0.6) is 5.88 Å². The van der Waals surface area contributed by atoms with Gasteiger partial charge in [0.25, 0.3) is 0 Å². The maximum atomic E-state index is 6.21. The molecule has 0 spiro atoms. The standard InChI is InChI=1S/C14H12ClN3OS/c1-8-5-10-13(15)17-11(18-14(10)20-8)6-9-3-4-12(19-2)16-7-9/h3-5,7H,6H2,1-2H3. The van der Waals surface area contributed by atoms with Gasteiger partial charge in [-0.2, -0.15) is 0 Å². The van der Waals surface area contributed by atoms with Crippen molar-refractivity contribution in [3.8, 4) is 5.88 Å². The van der Waals surface area contributed by atoms with E-state index in [0.717, 1.165) is 15.8 Å². The third-order valence-electron chi connectivity index (χ3n) is 2.88. The van der Waals surface area contributed by atoms with Gasteiger partial charge in [-0.05, 0) is 18.6 Å². The number of ether oxygens (including phenoxy) is 1. The van der Waals surface area contributed by atoms with Crippen molar-refractivity contribution in [2.24, 2.45) is 0 Å². The van der Waals surface area contributed by atoms with Crippen LogP contribution in [-0.4, -0.2) is 22.1 Å². The molecular weight excluding hydrogens is 294 g/mol. The molecule has 0 fully saturated rings. The summed E-state index contributed by atoms with van der Waals surface area (Å²) >= 11 is 7.84. The van der Waals surface area contributed by atoms with Crippen molar-refractivity contribution in [3.63, 3.8) is 0 Å². The molecule has 0 saturated heterocycles. The van der Waals surface area contributed by atoms with Crippen molar-refractivity contribution in [3.05, 3.63) is 45.8 Å². The molecule has 0 atom stereocenters. The maximum Gasteiger partial charge on any atom is 0.212 e. The average Bonchev–Trinajstić information content (AvgIpc) is 2.81. The summed E-state index contributed by atoms with van der Waals surface area (Å²) in [5, 5.41) is 1.43. The van der Waals surface area contributed by atoms with Gasteiger partial charge in [-0.25, -0.2) is 15.0 Å². The molecule has 4 nitrogen and oxygen atoms in total. The van der Waals surface area contributed by atoms with Gasteiger partial charge in [-0.1, -0.05) is 17.7 Å². The SMILES string of the molecule is COc1ccc(Cc2nc(Cl)c3cc(C)sc3n2)cn1. The normalized spacial score (nSPS) is 10.9. The minimum absolute atomic E-state index is 0.510. The van der Waals surface area contributed by atoms with Crippen molar-refractivity contribution >= 4 is 33.2 Å². The fourth-order valence-corrected chi connectivity index (χ4v) is 3.14. The zero-order valence-corrected chi connectivity index (χ0v) is 12.6. The molecule has 20 heavy (non-hydrogen) atoms. The molecule has 3 rings (SSSR count). The van der Waals surface area contributed by atoms with E-state index in [1.165, 1.54) is 4.88 Å². The van der Waals surface area contributed by atoms with Gasteiger partial charge in [-0.3, -0.25) is 0 Å². The fraction of sp³-hybridized carbons (Fsp3) is 0.214. The summed E-state index contributed by atoms with van der Waals surface area (Å²) in [6, 6.07) is 5.79. The Bertz CT molecular complexity index is 755. The summed E-state index contributed by atoms with van der Waals surface area (Å²) in [5.41, 5.74) is 1.02. The Morgan fingerprint density at radius 2 is 2.15 bits per heavy atom. The third kappa shape index (κ3) is 2.59. The molecule has 0 aliphatic heterocycles. The van der Waals surface area contributed by atoms with E-state index in [2.05, 4.69) is 15.0 Å². The van der Waals surface area contributed by atoms with Crippen LogP contribution in [-0.2, 0) is 6.42 Å². The number of methoxy groups -OCH3 is 1. The summed E-state index contributed by atoms with van der Waals surface area (Å²) in [4.78, 5) is 15.2. The molecule has 0 N–H and O–H groups in total. The lowest BCUT2D eigenvalue weighted by Gasteiger charge is -2.03. The van der Waals surface area contributed by atoms with E-state index in [0.29, 0.717) is 23.3 Å². The topological polar surface area (TPSA) is 47.9 Å². The smallest absolute Gasteiger partial charge is 0.212 e. The zero-order chi connectivity index (χ0) is 14.1. The monoisotopic (exact) mass is 305 g/mol. The molecule has 0 saturated carbocycles. The summed E-state index contributed by atoms with van der Waals surface area (Å²) in [6.07, 6.45) is 2.36. The third-order valence-corrected chi connectivity index (χ3v) is 4.12. The first kappa shape index (κ1) is 13.3. The molecule has 6 heteroatoms. The van der Waals surface area contributed by atoms with Crippen LogP contribution in [0.3, 0.4) is 0 Å². The highest BCUT2D eigenvalue weighted by atomic mass is 35.5. The Hall–Kier alpha value is -1.72. The van der Waals surface area contributed by atoms with Crippen LogP contribution in [0.25, 0.3) is 10.2 Å². The number of nitrogens with zero attached hydrogens (tertiary/aromatic N) is 3. The van der Waals surface area contributed by atoms with Crippen LogP contribution < -0.4 is 4.74 Å². The summed E-state index contributed by atoms with van der Waals surface area (Å²) in [7, 11) is 1.60. The second-order valence-corrected chi connectivity index (χ2v) is 5.98. The van der Waals surface area contributed by atoms with E-state index in [4.69, 9.17) is 16.3 Å². The predicted molar refractivity (Wildman–Crippen MR) is 80.8 cm³/mol. The van der Waals surface area contributed by atoms with Gasteiger partial charge in [0.1, 0.15) is 15.8 Å². The van der Waals surface area contributed by atoms with Gasteiger partial charge in [0.15, 0.2) is 0 Å². The first-order valence-corrected chi connectivity index (χ1v) is 7.26. The van der Waals surface area contributed by atoms with Gasteiger partial charge < -0.3 is 4.74 Å².